The quantitative estimate of drug-likeness (QED) is 0.865. The van der Waals surface area contributed by atoms with Gasteiger partial charge in [0, 0.05) is 31.0 Å². The number of likely N-dealkylation sites (N-methyl/N-ethyl adjacent to an activating group) is 1. The Morgan fingerprint density at radius 1 is 1.38 bits per heavy atom. The minimum atomic E-state index is 0.528. The Hall–Kier alpha value is -1.65. The largest absolute Gasteiger partial charge is 0.380 e. The van der Waals surface area contributed by atoms with Gasteiger partial charge >= 0.3 is 0 Å². The van der Waals surface area contributed by atoms with E-state index >= 15 is 0 Å². The molecule has 0 radical (unpaired) electrons. The number of aryl methyl sites for hydroxylation is 1. The molecular formula is C17H23N3O. The van der Waals surface area contributed by atoms with Crippen molar-refractivity contribution in [1.29, 1.82) is 0 Å². The maximum Gasteiger partial charge on any atom is 0.0674 e. The van der Waals surface area contributed by atoms with Gasteiger partial charge in [-0.05, 0) is 38.4 Å². The fraction of sp³-hybridized carbons (Fsp3) is 0.471. The molecule has 0 N–H and O–H groups in total. The molecule has 0 amide bonds. The number of rotatable bonds is 4. The molecule has 1 saturated heterocycles. The van der Waals surface area contributed by atoms with Crippen LogP contribution in [0, 0.1) is 6.92 Å². The van der Waals surface area contributed by atoms with Gasteiger partial charge in [-0.25, -0.2) is 4.68 Å². The summed E-state index contributed by atoms with van der Waals surface area (Å²) >= 11 is 0. The topological polar surface area (TPSA) is 30.3 Å². The first-order chi connectivity index (χ1) is 10.2. The lowest BCUT2D eigenvalue weighted by molar-refractivity contribution is 0.0250. The third-order valence-electron chi connectivity index (χ3n) is 4.19. The smallest absolute Gasteiger partial charge is 0.0674 e. The number of hydrogen-bond acceptors (Lipinski definition) is 3. The zero-order valence-electron chi connectivity index (χ0n) is 12.8. The summed E-state index contributed by atoms with van der Waals surface area (Å²) in [4.78, 5) is 2.37. The van der Waals surface area contributed by atoms with Crippen LogP contribution in [0.15, 0.2) is 36.7 Å². The second kappa shape index (κ2) is 6.41. The standard InChI is InChI=1S/C17H23N3O/c1-14-6-3-4-8-17(14)20-12-15(10-18-20)11-19(2)16-7-5-9-21-13-16/h3-4,6,8,10,12,16H,5,7,9,11,13H2,1-2H3. The van der Waals surface area contributed by atoms with Gasteiger partial charge in [0.2, 0.25) is 0 Å². The summed E-state index contributed by atoms with van der Waals surface area (Å²) in [6.45, 7) is 4.79. The molecular weight excluding hydrogens is 262 g/mol. The number of hydrogen-bond donors (Lipinski definition) is 0. The average molecular weight is 285 g/mol. The molecule has 1 aromatic carbocycles. The van der Waals surface area contributed by atoms with E-state index in [9.17, 15) is 0 Å². The van der Waals surface area contributed by atoms with Gasteiger partial charge in [0.05, 0.1) is 18.5 Å². The molecule has 3 rings (SSSR count). The van der Waals surface area contributed by atoms with Crippen molar-refractivity contribution in [2.24, 2.45) is 0 Å². The minimum Gasteiger partial charge on any atom is -0.380 e. The minimum absolute atomic E-state index is 0.528. The summed E-state index contributed by atoms with van der Waals surface area (Å²) < 4.78 is 7.54. The number of para-hydroxylation sites is 1. The molecule has 0 spiro atoms. The van der Waals surface area contributed by atoms with Crippen LogP contribution in [0.2, 0.25) is 0 Å². The summed E-state index contributed by atoms with van der Waals surface area (Å²) in [5, 5.41) is 4.50. The van der Waals surface area contributed by atoms with Crippen molar-refractivity contribution < 1.29 is 4.74 Å². The molecule has 0 aliphatic carbocycles. The maximum atomic E-state index is 5.57. The Morgan fingerprint density at radius 2 is 2.24 bits per heavy atom. The summed E-state index contributed by atoms with van der Waals surface area (Å²) in [6.07, 6.45) is 6.48. The van der Waals surface area contributed by atoms with Crippen LogP contribution in [0.1, 0.15) is 24.0 Å². The van der Waals surface area contributed by atoms with Crippen molar-refractivity contribution in [3.05, 3.63) is 47.8 Å². The Labute approximate surface area is 126 Å². The van der Waals surface area contributed by atoms with Gasteiger partial charge in [-0.2, -0.15) is 5.10 Å². The van der Waals surface area contributed by atoms with Crippen molar-refractivity contribution in [3.63, 3.8) is 0 Å². The molecule has 1 aliphatic rings. The van der Waals surface area contributed by atoms with Crippen LogP contribution >= 0.6 is 0 Å². The van der Waals surface area contributed by atoms with Crippen LogP contribution in [0.4, 0.5) is 0 Å². The van der Waals surface area contributed by atoms with Gasteiger partial charge in [-0.1, -0.05) is 18.2 Å². The normalized spacial score (nSPS) is 19.1. The van der Waals surface area contributed by atoms with Crippen LogP contribution in [0.3, 0.4) is 0 Å². The van der Waals surface area contributed by atoms with Crippen molar-refractivity contribution >= 4 is 0 Å². The van der Waals surface area contributed by atoms with Crippen LogP contribution in [0.5, 0.6) is 0 Å². The van der Waals surface area contributed by atoms with Crippen LogP contribution in [0.25, 0.3) is 5.69 Å². The molecule has 1 atom stereocenters. The van der Waals surface area contributed by atoms with E-state index in [1.165, 1.54) is 17.5 Å². The average Bonchev–Trinajstić information content (AvgIpc) is 2.97. The van der Waals surface area contributed by atoms with Crippen molar-refractivity contribution in [3.8, 4) is 5.69 Å². The van der Waals surface area contributed by atoms with E-state index in [1.54, 1.807) is 0 Å². The van der Waals surface area contributed by atoms with Gasteiger partial charge in [0.15, 0.2) is 0 Å². The van der Waals surface area contributed by atoms with Crippen LogP contribution in [-0.2, 0) is 11.3 Å². The summed E-state index contributed by atoms with van der Waals surface area (Å²) in [5.41, 5.74) is 3.62. The molecule has 1 aromatic heterocycles. The van der Waals surface area contributed by atoms with Gasteiger partial charge in [-0.3, -0.25) is 4.90 Å². The first kappa shape index (κ1) is 14.3. The van der Waals surface area contributed by atoms with E-state index in [4.69, 9.17) is 4.74 Å². The predicted molar refractivity (Wildman–Crippen MR) is 83.6 cm³/mol. The third kappa shape index (κ3) is 3.34. The number of aromatic nitrogens is 2. The lowest BCUT2D eigenvalue weighted by Crippen LogP contribution is -2.37. The van der Waals surface area contributed by atoms with E-state index in [-0.39, 0.29) is 0 Å². The second-order valence-electron chi connectivity index (χ2n) is 5.87. The highest BCUT2D eigenvalue weighted by Gasteiger charge is 2.19. The highest BCUT2D eigenvalue weighted by Crippen LogP contribution is 2.17. The lowest BCUT2D eigenvalue weighted by atomic mass is 10.1. The molecule has 0 bridgehead atoms. The van der Waals surface area contributed by atoms with Gasteiger partial charge < -0.3 is 4.74 Å². The van der Waals surface area contributed by atoms with Gasteiger partial charge in [-0.15, -0.1) is 0 Å². The zero-order valence-corrected chi connectivity index (χ0v) is 12.8. The van der Waals surface area contributed by atoms with E-state index in [0.717, 1.165) is 31.9 Å². The van der Waals surface area contributed by atoms with E-state index in [2.05, 4.69) is 54.4 Å². The molecule has 2 aromatic rings. The first-order valence-electron chi connectivity index (χ1n) is 7.61. The Bertz CT molecular complexity index is 587. The number of benzene rings is 1. The molecule has 1 fully saturated rings. The fourth-order valence-corrected chi connectivity index (χ4v) is 2.88. The molecule has 4 nitrogen and oxygen atoms in total. The number of ether oxygens (including phenoxy) is 1. The molecule has 0 saturated carbocycles. The van der Waals surface area contributed by atoms with Crippen LogP contribution < -0.4 is 0 Å². The lowest BCUT2D eigenvalue weighted by Gasteiger charge is -2.30. The molecule has 1 unspecified atom stereocenters. The molecule has 1 aliphatic heterocycles. The molecule has 21 heavy (non-hydrogen) atoms. The van der Waals surface area contributed by atoms with Crippen molar-refractivity contribution in [1.82, 2.24) is 14.7 Å². The Balaban J connectivity index is 1.69. The van der Waals surface area contributed by atoms with Crippen molar-refractivity contribution in [2.45, 2.75) is 32.4 Å². The Morgan fingerprint density at radius 3 is 3.00 bits per heavy atom. The van der Waals surface area contributed by atoms with Gasteiger partial charge in [0.25, 0.3) is 0 Å². The van der Waals surface area contributed by atoms with E-state index in [0.29, 0.717) is 6.04 Å². The highest BCUT2D eigenvalue weighted by molar-refractivity contribution is 5.39. The first-order valence-corrected chi connectivity index (χ1v) is 7.61. The zero-order chi connectivity index (χ0) is 14.7. The fourth-order valence-electron chi connectivity index (χ4n) is 2.88. The Kier molecular flexibility index (Phi) is 4.36. The molecule has 4 heteroatoms. The predicted octanol–water partition coefficient (Wildman–Crippen LogP) is 2.79. The number of nitrogens with zero attached hydrogens (tertiary/aromatic N) is 3. The molecule has 2 heterocycles. The van der Waals surface area contributed by atoms with E-state index in [1.807, 2.05) is 10.9 Å². The summed E-state index contributed by atoms with van der Waals surface area (Å²) in [7, 11) is 2.17. The second-order valence-corrected chi connectivity index (χ2v) is 5.87. The monoisotopic (exact) mass is 285 g/mol. The van der Waals surface area contributed by atoms with Crippen molar-refractivity contribution in [2.75, 3.05) is 20.3 Å². The molecule has 112 valence electrons. The SMILES string of the molecule is Cc1ccccc1-n1cc(CN(C)C2CCCOC2)cn1. The highest BCUT2D eigenvalue weighted by atomic mass is 16.5. The summed E-state index contributed by atoms with van der Waals surface area (Å²) in [6, 6.07) is 8.85. The van der Waals surface area contributed by atoms with Gasteiger partial charge in [0.1, 0.15) is 0 Å². The summed E-state index contributed by atoms with van der Waals surface area (Å²) in [5.74, 6) is 0. The maximum absolute atomic E-state index is 5.57. The third-order valence-corrected chi connectivity index (χ3v) is 4.19. The van der Waals surface area contributed by atoms with Crippen LogP contribution in [-0.4, -0.2) is 41.0 Å². The van der Waals surface area contributed by atoms with E-state index < -0.39 is 0 Å².